The zero-order valence-corrected chi connectivity index (χ0v) is 11.9. The van der Waals surface area contributed by atoms with Gasteiger partial charge in [-0.2, -0.15) is 9.90 Å². The van der Waals surface area contributed by atoms with Crippen molar-refractivity contribution >= 4 is 29.2 Å². The lowest BCUT2D eigenvalue weighted by molar-refractivity contribution is 0.0518. The third-order valence-corrected chi connectivity index (χ3v) is 3.12. The van der Waals surface area contributed by atoms with E-state index < -0.39 is 5.97 Å². The largest absolute Gasteiger partial charge is 0.461 e. The highest BCUT2D eigenvalue weighted by Gasteiger charge is 2.17. The second kappa shape index (κ2) is 5.59. The Morgan fingerprint density at radius 3 is 2.68 bits per heavy atom. The van der Waals surface area contributed by atoms with Crippen LogP contribution >= 0.6 is 23.2 Å². The second-order valence-corrected chi connectivity index (χ2v) is 4.56. The Labute approximate surface area is 120 Å². The maximum Gasteiger partial charge on any atom is 0.360 e. The fraction of sp³-hybridized carbons (Fsp3) is 0.250. The number of carbonyl (C=O) groups is 1. The van der Waals surface area contributed by atoms with E-state index in [4.69, 9.17) is 27.9 Å². The number of nitrogens with zero attached hydrogens (tertiary/aromatic N) is 3. The Kier molecular flexibility index (Phi) is 4.07. The van der Waals surface area contributed by atoms with Gasteiger partial charge in [-0.25, -0.2) is 4.79 Å². The highest BCUT2D eigenvalue weighted by molar-refractivity contribution is 6.42. The first-order valence-corrected chi connectivity index (χ1v) is 6.35. The fourth-order valence-electron chi connectivity index (χ4n) is 1.49. The van der Waals surface area contributed by atoms with Gasteiger partial charge in [0.25, 0.3) is 0 Å². The Hall–Kier alpha value is -1.59. The van der Waals surface area contributed by atoms with Crippen LogP contribution in [0.25, 0.3) is 5.69 Å². The molecule has 0 spiro atoms. The Bertz CT molecular complexity index is 625. The van der Waals surface area contributed by atoms with Crippen LogP contribution in [-0.4, -0.2) is 27.6 Å². The molecular formula is C12H11Cl2N3O2. The summed E-state index contributed by atoms with van der Waals surface area (Å²) in [6.45, 7) is 3.71. The molecule has 0 atom stereocenters. The van der Waals surface area contributed by atoms with E-state index in [1.165, 1.54) is 4.80 Å². The summed E-state index contributed by atoms with van der Waals surface area (Å²) in [6, 6.07) is 4.98. The lowest BCUT2D eigenvalue weighted by atomic mass is 10.3. The molecule has 0 N–H and O–H groups in total. The van der Waals surface area contributed by atoms with Crippen molar-refractivity contribution in [2.75, 3.05) is 6.61 Å². The van der Waals surface area contributed by atoms with E-state index in [2.05, 4.69) is 10.2 Å². The SMILES string of the molecule is CCOC(=O)c1nn(-c2ccc(Cl)c(Cl)c2)nc1C. The molecule has 0 aliphatic heterocycles. The molecule has 1 aromatic heterocycles. The van der Waals surface area contributed by atoms with Crippen LogP contribution in [0.4, 0.5) is 0 Å². The van der Waals surface area contributed by atoms with Gasteiger partial charge in [-0.3, -0.25) is 0 Å². The number of esters is 1. The first-order chi connectivity index (χ1) is 9.02. The average Bonchev–Trinajstić information content (AvgIpc) is 2.75. The quantitative estimate of drug-likeness (QED) is 0.817. The first-order valence-electron chi connectivity index (χ1n) is 5.59. The zero-order valence-electron chi connectivity index (χ0n) is 10.4. The molecule has 5 nitrogen and oxygen atoms in total. The predicted molar refractivity (Wildman–Crippen MR) is 72.1 cm³/mol. The van der Waals surface area contributed by atoms with Crippen LogP contribution in [0.1, 0.15) is 23.1 Å². The molecule has 0 unspecified atom stereocenters. The van der Waals surface area contributed by atoms with E-state index in [-0.39, 0.29) is 12.3 Å². The van der Waals surface area contributed by atoms with Crippen molar-refractivity contribution < 1.29 is 9.53 Å². The lowest BCUT2D eigenvalue weighted by Gasteiger charge is -2.01. The molecule has 7 heteroatoms. The molecule has 0 saturated carbocycles. The molecule has 0 saturated heterocycles. The number of rotatable bonds is 3. The number of aromatic nitrogens is 3. The molecule has 0 amide bonds. The number of ether oxygens (including phenoxy) is 1. The van der Waals surface area contributed by atoms with Gasteiger partial charge >= 0.3 is 5.97 Å². The Morgan fingerprint density at radius 2 is 2.05 bits per heavy atom. The van der Waals surface area contributed by atoms with Gasteiger partial charge in [-0.05, 0) is 32.0 Å². The van der Waals surface area contributed by atoms with Crippen LogP contribution in [0.5, 0.6) is 0 Å². The van der Waals surface area contributed by atoms with E-state index in [0.29, 0.717) is 21.4 Å². The van der Waals surface area contributed by atoms with Crippen molar-refractivity contribution in [2.45, 2.75) is 13.8 Å². The number of hydrogen-bond donors (Lipinski definition) is 0. The molecule has 19 heavy (non-hydrogen) atoms. The van der Waals surface area contributed by atoms with Crippen molar-refractivity contribution in [3.63, 3.8) is 0 Å². The van der Waals surface area contributed by atoms with Gasteiger partial charge in [0.05, 0.1) is 28.0 Å². The molecule has 1 heterocycles. The van der Waals surface area contributed by atoms with E-state index >= 15 is 0 Å². The van der Waals surface area contributed by atoms with E-state index in [9.17, 15) is 4.79 Å². The average molecular weight is 300 g/mol. The topological polar surface area (TPSA) is 57.0 Å². The summed E-state index contributed by atoms with van der Waals surface area (Å²) >= 11 is 11.8. The molecule has 0 fully saturated rings. The van der Waals surface area contributed by atoms with Crippen LogP contribution in [0.2, 0.25) is 10.0 Å². The van der Waals surface area contributed by atoms with E-state index in [1.54, 1.807) is 32.0 Å². The van der Waals surface area contributed by atoms with Crippen molar-refractivity contribution in [1.82, 2.24) is 15.0 Å². The Morgan fingerprint density at radius 1 is 1.32 bits per heavy atom. The second-order valence-electron chi connectivity index (χ2n) is 3.74. The molecule has 2 rings (SSSR count). The van der Waals surface area contributed by atoms with Gasteiger partial charge in [0.1, 0.15) is 0 Å². The Balaban J connectivity index is 2.38. The number of aryl methyl sites for hydroxylation is 1. The molecule has 2 aromatic rings. The van der Waals surface area contributed by atoms with Crippen LogP contribution < -0.4 is 0 Å². The molecule has 0 aliphatic carbocycles. The van der Waals surface area contributed by atoms with Crippen molar-refractivity contribution in [2.24, 2.45) is 0 Å². The fourth-order valence-corrected chi connectivity index (χ4v) is 1.78. The summed E-state index contributed by atoms with van der Waals surface area (Å²) < 4.78 is 4.90. The first kappa shape index (κ1) is 13.8. The standard InChI is InChI=1S/C12H11Cl2N3O2/c1-3-19-12(18)11-7(2)15-17(16-11)8-4-5-9(13)10(14)6-8/h4-6H,3H2,1-2H3. The number of benzene rings is 1. The summed E-state index contributed by atoms with van der Waals surface area (Å²) in [5.41, 5.74) is 1.30. The highest BCUT2D eigenvalue weighted by atomic mass is 35.5. The lowest BCUT2D eigenvalue weighted by Crippen LogP contribution is -2.07. The summed E-state index contributed by atoms with van der Waals surface area (Å²) in [6.07, 6.45) is 0. The number of carbonyl (C=O) groups excluding carboxylic acids is 1. The monoisotopic (exact) mass is 299 g/mol. The van der Waals surface area contributed by atoms with Gasteiger partial charge < -0.3 is 4.74 Å². The number of halogens is 2. The molecule has 0 aliphatic rings. The molecular weight excluding hydrogens is 289 g/mol. The highest BCUT2D eigenvalue weighted by Crippen LogP contribution is 2.24. The van der Waals surface area contributed by atoms with Gasteiger partial charge in [0.2, 0.25) is 0 Å². The smallest absolute Gasteiger partial charge is 0.360 e. The maximum absolute atomic E-state index is 11.6. The third-order valence-electron chi connectivity index (χ3n) is 2.39. The summed E-state index contributed by atoms with van der Waals surface area (Å²) in [5.74, 6) is -0.494. The van der Waals surface area contributed by atoms with Crippen LogP contribution in [0, 0.1) is 6.92 Å². The van der Waals surface area contributed by atoms with Crippen LogP contribution in [0.3, 0.4) is 0 Å². The predicted octanol–water partition coefficient (Wildman–Crippen LogP) is 3.06. The molecule has 100 valence electrons. The summed E-state index contributed by atoms with van der Waals surface area (Å²) in [5, 5.41) is 9.10. The van der Waals surface area contributed by atoms with Crippen molar-refractivity contribution in [1.29, 1.82) is 0 Å². The zero-order chi connectivity index (χ0) is 14.0. The van der Waals surface area contributed by atoms with E-state index in [0.717, 1.165) is 0 Å². The minimum absolute atomic E-state index is 0.188. The minimum Gasteiger partial charge on any atom is -0.461 e. The van der Waals surface area contributed by atoms with Crippen molar-refractivity contribution in [3.8, 4) is 5.69 Å². The van der Waals surface area contributed by atoms with Gasteiger partial charge in [-0.1, -0.05) is 23.2 Å². The van der Waals surface area contributed by atoms with E-state index in [1.807, 2.05) is 0 Å². The molecule has 1 aromatic carbocycles. The van der Waals surface area contributed by atoms with Crippen LogP contribution in [-0.2, 0) is 4.74 Å². The summed E-state index contributed by atoms with van der Waals surface area (Å²) in [7, 11) is 0. The van der Waals surface area contributed by atoms with Crippen LogP contribution in [0.15, 0.2) is 18.2 Å². The maximum atomic E-state index is 11.6. The molecule has 0 radical (unpaired) electrons. The van der Waals surface area contributed by atoms with Gasteiger partial charge in [0.15, 0.2) is 5.69 Å². The van der Waals surface area contributed by atoms with Gasteiger partial charge in [-0.15, -0.1) is 5.10 Å². The number of hydrogen-bond acceptors (Lipinski definition) is 4. The minimum atomic E-state index is -0.494. The van der Waals surface area contributed by atoms with Crippen molar-refractivity contribution in [3.05, 3.63) is 39.6 Å². The molecule has 0 bridgehead atoms. The van der Waals surface area contributed by atoms with Gasteiger partial charge in [0, 0.05) is 0 Å². The normalized spacial score (nSPS) is 10.5. The summed E-state index contributed by atoms with van der Waals surface area (Å²) in [4.78, 5) is 13.0. The third kappa shape index (κ3) is 2.88.